The smallest absolute Gasteiger partial charge is 0.261 e. The van der Waals surface area contributed by atoms with Gasteiger partial charge in [0.1, 0.15) is 0 Å². The second kappa shape index (κ2) is 11.5. The fourth-order valence-electron chi connectivity index (χ4n) is 7.88. The van der Waals surface area contributed by atoms with E-state index in [9.17, 15) is 9.90 Å². The SMILES string of the molecule is C[C@@H]1CN(C(=NC2C[C@@H]3C[C@@H]([C@H]2C)C3(C)C)Nc2ccc3c(=O)n([C@H](CO)Cc4ccccc4)cnc3c2)C[C@H](C)N1. The number of nitrogens with zero attached hydrogens (tertiary/aromatic N) is 4. The lowest BCUT2D eigenvalue weighted by Crippen LogP contribution is -2.59. The van der Waals surface area contributed by atoms with Crippen LogP contribution in [0.2, 0.25) is 0 Å². The highest BCUT2D eigenvalue weighted by atomic mass is 16.3. The topological polar surface area (TPSA) is 94.8 Å². The number of guanidine groups is 1. The van der Waals surface area contributed by atoms with Gasteiger partial charge in [0.05, 0.1) is 35.9 Å². The van der Waals surface area contributed by atoms with Crippen LogP contribution in [0.3, 0.4) is 0 Å². The summed E-state index contributed by atoms with van der Waals surface area (Å²) in [5.74, 6) is 2.93. The van der Waals surface area contributed by atoms with Gasteiger partial charge in [-0.25, -0.2) is 9.98 Å². The van der Waals surface area contributed by atoms with E-state index in [4.69, 9.17) is 4.99 Å². The Kier molecular flexibility index (Phi) is 7.87. The summed E-state index contributed by atoms with van der Waals surface area (Å²) >= 11 is 0. The number of anilines is 1. The van der Waals surface area contributed by atoms with Gasteiger partial charge in [0.15, 0.2) is 5.96 Å². The molecule has 8 nitrogen and oxygen atoms in total. The molecule has 224 valence electrons. The summed E-state index contributed by atoms with van der Waals surface area (Å²) in [6, 6.07) is 16.3. The minimum Gasteiger partial charge on any atom is -0.394 e. The lowest BCUT2D eigenvalue weighted by molar-refractivity contribution is -0.108. The Morgan fingerprint density at radius 1 is 1.12 bits per heavy atom. The van der Waals surface area contributed by atoms with E-state index in [1.165, 1.54) is 6.42 Å². The molecule has 42 heavy (non-hydrogen) atoms. The Morgan fingerprint density at radius 2 is 1.86 bits per heavy atom. The Labute approximate surface area is 249 Å². The van der Waals surface area contributed by atoms with Crippen molar-refractivity contribution in [3.05, 3.63) is 70.8 Å². The van der Waals surface area contributed by atoms with Crippen LogP contribution < -0.4 is 16.2 Å². The molecule has 2 heterocycles. The van der Waals surface area contributed by atoms with E-state index in [-0.39, 0.29) is 18.2 Å². The van der Waals surface area contributed by atoms with Gasteiger partial charge in [0.25, 0.3) is 5.56 Å². The Balaban J connectivity index is 1.28. The molecule has 1 aromatic heterocycles. The average Bonchev–Trinajstić information content (AvgIpc) is 2.96. The second-order valence-corrected chi connectivity index (χ2v) is 13.7. The van der Waals surface area contributed by atoms with Crippen molar-refractivity contribution in [2.45, 2.75) is 78.0 Å². The predicted molar refractivity (Wildman–Crippen MR) is 170 cm³/mol. The van der Waals surface area contributed by atoms with E-state index < -0.39 is 0 Å². The van der Waals surface area contributed by atoms with E-state index >= 15 is 0 Å². The van der Waals surface area contributed by atoms with Crippen LogP contribution in [0.25, 0.3) is 10.9 Å². The van der Waals surface area contributed by atoms with Crippen molar-refractivity contribution >= 4 is 22.5 Å². The quantitative estimate of drug-likeness (QED) is 0.294. The molecule has 1 unspecified atom stereocenters. The van der Waals surface area contributed by atoms with Crippen LogP contribution in [-0.4, -0.2) is 63.3 Å². The molecule has 0 spiro atoms. The number of hydrogen-bond donors (Lipinski definition) is 3. The molecule has 0 amide bonds. The van der Waals surface area contributed by atoms with Gasteiger partial charge in [-0.15, -0.1) is 0 Å². The third kappa shape index (κ3) is 5.47. The Morgan fingerprint density at radius 3 is 2.52 bits per heavy atom. The number of aliphatic imine (C=N–C) groups is 1. The summed E-state index contributed by atoms with van der Waals surface area (Å²) in [7, 11) is 0. The van der Waals surface area contributed by atoms with Crippen molar-refractivity contribution in [1.82, 2.24) is 19.8 Å². The zero-order valence-corrected chi connectivity index (χ0v) is 25.6. The van der Waals surface area contributed by atoms with Crippen molar-refractivity contribution in [2.24, 2.45) is 28.2 Å². The van der Waals surface area contributed by atoms with E-state index in [1.54, 1.807) is 10.9 Å². The maximum Gasteiger partial charge on any atom is 0.261 e. The highest BCUT2D eigenvalue weighted by molar-refractivity contribution is 5.96. The molecule has 2 bridgehead atoms. The van der Waals surface area contributed by atoms with Gasteiger partial charge in [-0.1, -0.05) is 51.1 Å². The average molecular weight is 571 g/mol. The number of nitrogens with one attached hydrogen (secondary N) is 2. The third-order valence-corrected chi connectivity index (χ3v) is 10.4. The molecule has 4 fully saturated rings. The normalized spacial score (nSPS) is 29.7. The summed E-state index contributed by atoms with van der Waals surface area (Å²) in [6.07, 6.45) is 4.61. The maximum atomic E-state index is 13.5. The zero-order valence-electron chi connectivity index (χ0n) is 25.6. The number of benzene rings is 2. The largest absolute Gasteiger partial charge is 0.394 e. The highest BCUT2D eigenvalue weighted by Crippen LogP contribution is 2.61. The number of aliphatic hydroxyl groups excluding tert-OH is 1. The number of fused-ring (bicyclic) bond motifs is 3. The fourth-order valence-corrected chi connectivity index (χ4v) is 7.88. The summed E-state index contributed by atoms with van der Waals surface area (Å²) < 4.78 is 1.57. The number of aromatic nitrogens is 2. The van der Waals surface area contributed by atoms with Crippen LogP contribution in [0.1, 0.15) is 59.1 Å². The molecule has 4 aliphatic rings. The molecule has 1 aliphatic heterocycles. The third-order valence-electron chi connectivity index (χ3n) is 10.4. The summed E-state index contributed by atoms with van der Waals surface area (Å²) in [5, 5.41) is 18.0. The maximum absolute atomic E-state index is 13.5. The summed E-state index contributed by atoms with van der Waals surface area (Å²) in [6.45, 7) is 13.3. The minimum absolute atomic E-state index is 0.137. The Bertz CT molecular complexity index is 1490. The molecular formula is C34H46N6O2. The molecule has 3 aromatic rings. The first-order valence-electron chi connectivity index (χ1n) is 15.7. The van der Waals surface area contributed by atoms with Gasteiger partial charge in [-0.2, -0.15) is 0 Å². The van der Waals surface area contributed by atoms with E-state index in [2.05, 4.69) is 55.1 Å². The molecule has 7 atom stereocenters. The van der Waals surface area contributed by atoms with Crippen LogP contribution in [0.5, 0.6) is 0 Å². The Hall–Kier alpha value is -3.23. The highest BCUT2D eigenvalue weighted by Gasteiger charge is 2.56. The molecule has 3 N–H and O–H groups in total. The van der Waals surface area contributed by atoms with Crippen molar-refractivity contribution in [3.63, 3.8) is 0 Å². The van der Waals surface area contributed by atoms with E-state index in [1.807, 2.05) is 48.5 Å². The molecule has 3 aliphatic carbocycles. The fraction of sp³-hybridized carbons (Fsp3) is 0.559. The first-order valence-corrected chi connectivity index (χ1v) is 15.7. The van der Waals surface area contributed by atoms with Gasteiger partial charge in [-0.3, -0.25) is 9.36 Å². The molecule has 3 saturated carbocycles. The molecule has 8 heteroatoms. The molecule has 2 aromatic carbocycles. The number of rotatable bonds is 6. The van der Waals surface area contributed by atoms with Crippen molar-refractivity contribution in [2.75, 3.05) is 25.0 Å². The van der Waals surface area contributed by atoms with Crippen molar-refractivity contribution in [1.29, 1.82) is 0 Å². The lowest BCUT2D eigenvalue weighted by atomic mass is 9.45. The molecule has 0 radical (unpaired) electrons. The number of hydrogen-bond acceptors (Lipinski definition) is 5. The minimum atomic E-state index is -0.376. The molecular weight excluding hydrogens is 524 g/mol. The van der Waals surface area contributed by atoms with E-state index in [0.717, 1.165) is 48.6 Å². The van der Waals surface area contributed by atoms with Gasteiger partial charge in [-0.05, 0) is 80.0 Å². The van der Waals surface area contributed by atoms with Gasteiger partial charge in [0.2, 0.25) is 0 Å². The van der Waals surface area contributed by atoms with E-state index in [0.29, 0.717) is 46.8 Å². The van der Waals surface area contributed by atoms with Gasteiger partial charge >= 0.3 is 0 Å². The van der Waals surface area contributed by atoms with Crippen LogP contribution in [0, 0.1) is 23.2 Å². The number of aliphatic hydroxyl groups is 1. The van der Waals surface area contributed by atoms with Crippen LogP contribution in [-0.2, 0) is 6.42 Å². The van der Waals surface area contributed by atoms with Crippen LogP contribution >= 0.6 is 0 Å². The van der Waals surface area contributed by atoms with Crippen molar-refractivity contribution < 1.29 is 5.11 Å². The van der Waals surface area contributed by atoms with Gasteiger partial charge < -0.3 is 20.6 Å². The standard InChI is InChI=1S/C34H46N6O2/c1-21-17-39(18-22(2)36-21)33(38-30-15-25-14-29(23(30)3)34(25,4)5)37-26-11-12-28-31(16-26)35-20-40(32(28)42)27(19-41)13-24-9-7-6-8-10-24/h6-12,16,20-23,25,27,29-30,36,41H,13-15,17-19H2,1-5H3,(H,37,38)/t21-,22+,23-,25+,27+,29+,30?/m1/s1. The number of piperazine rings is 1. The predicted octanol–water partition coefficient (Wildman–Crippen LogP) is 4.69. The van der Waals surface area contributed by atoms with Gasteiger partial charge in [0, 0.05) is 30.9 Å². The summed E-state index contributed by atoms with van der Waals surface area (Å²) in [4.78, 5) is 26.0. The first-order chi connectivity index (χ1) is 20.1. The zero-order chi connectivity index (χ0) is 29.6. The molecule has 1 saturated heterocycles. The first kappa shape index (κ1) is 28.9. The van der Waals surface area contributed by atoms with Crippen molar-refractivity contribution in [3.8, 4) is 0 Å². The second-order valence-electron chi connectivity index (χ2n) is 13.7. The van der Waals surface area contributed by atoms with Crippen LogP contribution in [0.15, 0.2) is 64.6 Å². The van der Waals surface area contributed by atoms with Crippen LogP contribution in [0.4, 0.5) is 5.69 Å². The lowest BCUT2D eigenvalue weighted by Gasteiger charge is -2.61. The molecule has 7 rings (SSSR count). The monoisotopic (exact) mass is 570 g/mol. The summed E-state index contributed by atoms with van der Waals surface area (Å²) in [5.41, 5.74) is 2.86.